The first-order valence-electron chi connectivity index (χ1n) is 6.11. The van der Waals surface area contributed by atoms with Gasteiger partial charge in [0.25, 0.3) is 0 Å². The standard InChI is InChI=1S/C12H16BrFN2O4S/c1-19-10-5-16(6-11(10)20-2)21(17,18)12-4-9(15)8(14)3-7(12)13/h3-4,10-11H,5-6,15H2,1-2H3. The van der Waals surface area contributed by atoms with Gasteiger partial charge < -0.3 is 15.2 Å². The summed E-state index contributed by atoms with van der Waals surface area (Å²) in [5.41, 5.74) is 5.24. The quantitative estimate of drug-likeness (QED) is 0.791. The Kier molecular flexibility index (Phi) is 4.89. The molecule has 0 radical (unpaired) electrons. The van der Waals surface area contributed by atoms with Crippen molar-refractivity contribution in [2.45, 2.75) is 17.1 Å². The normalized spacial score (nSPS) is 23.6. The number of nitrogen functional groups attached to an aromatic ring is 1. The Morgan fingerprint density at radius 2 is 1.81 bits per heavy atom. The van der Waals surface area contributed by atoms with E-state index in [-0.39, 0.29) is 40.4 Å². The highest BCUT2D eigenvalue weighted by molar-refractivity contribution is 9.10. The molecule has 0 aromatic heterocycles. The fraction of sp³-hybridized carbons (Fsp3) is 0.500. The van der Waals surface area contributed by atoms with Crippen molar-refractivity contribution in [2.24, 2.45) is 0 Å². The zero-order valence-corrected chi connectivity index (χ0v) is 13.9. The van der Waals surface area contributed by atoms with Crippen LogP contribution in [0.4, 0.5) is 10.1 Å². The van der Waals surface area contributed by atoms with Gasteiger partial charge in [-0.1, -0.05) is 0 Å². The Hall–Kier alpha value is -0.740. The Bertz CT molecular complexity index is 628. The highest BCUT2D eigenvalue weighted by Crippen LogP contribution is 2.31. The van der Waals surface area contributed by atoms with E-state index in [9.17, 15) is 12.8 Å². The van der Waals surface area contributed by atoms with E-state index in [4.69, 9.17) is 15.2 Å². The van der Waals surface area contributed by atoms with E-state index < -0.39 is 15.8 Å². The summed E-state index contributed by atoms with van der Waals surface area (Å²) >= 11 is 3.06. The van der Waals surface area contributed by atoms with Crippen LogP contribution in [0.15, 0.2) is 21.5 Å². The molecule has 1 aromatic carbocycles. The maximum absolute atomic E-state index is 13.4. The zero-order valence-electron chi connectivity index (χ0n) is 11.5. The van der Waals surface area contributed by atoms with Crippen LogP contribution in [0.5, 0.6) is 0 Å². The molecule has 0 saturated carbocycles. The molecule has 1 fully saturated rings. The zero-order chi connectivity index (χ0) is 15.8. The van der Waals surface area contributed by atoms with Gasteiger partial charge in [0.2, 0.25) is 10.0 Å². The number of benzene rings is 1. The molecule has 1 aromatic rings. The van der Waals surface area contributed by atoms with Crippen molar-refractivity contribution in [3.05, 3.63) is 22.4 Å². The summed E-state index contributed by atoms with van der Waals surface area (Å²) in [7, 11) is -0.818. The van der Waals surface area contributed by atoms with Gasteiger partial charge in [0.1, 0.15) is 5.82 Å². The van der Waals surface area contributed by atoms with Gasteiger partial charge >= 0.3 is 0 Å². The number of halogens is 2. The summed E-state index contributed by atoms with van der Waals surface area (Å²) in [5.74, 6) is -0.674. The van der Waals surface area contributed by atoms with Crippen LogP contribution in [0.1, 0.15) is 0 Å². The number of sulfonamides is 1. The third kappa shape index (κ3) is 3.07. The Labute approximate surface area is 131 Å². The lowest BCUT2D eigenvalue weighted by Crippen LogP contribution is -2.30. The summed E-state index contributed by atoms with van der Waals surface area (Å²) in [6, 6.07) is 2.15. The highest BCUT2D eigenvalue weighted by Gasteiger charge is 2.40. The van der Waals surface area contributed by atoms with Crippen molar-refractivity contribution in [1.29, 1.82) is 0 Å². The largest absolute Gasteiger partial charge is 0.396 e. The summed E-state index contributed by atoms with van der Waals surface area (Å²) in [4.78, 5) is -0.0759. The first-order valence-corrected chi connectivity index (χ1v) is 8.34. The van der Waals surface area contributed by atoms with Crippen molar-refractivity contribution >= 4 is 31.6 Å². The molecule has 2 N–H and O–H groups in total. The van der Waals surface area contributed by atoms with E-state index in [0.29, 0.717) is 0 Å². The second-order valence-electron chi connectivity index (χ2n) is 4.67. The average molecular weight is 383 g/mol. The van der Waals surface area contributed by atoms with Crippen molar-refractivity contribution in [1.82, 2.24) is 4.31 Å². The van der Waals surface area contributed by atoms with Crippen molar-refractivity contribution in [2.75, 3.05) is 33.0 Å². The number of methoxy groups -OCH3 is 2. The van der Waals surface area contributed by atoms with E-state index >= 15 is 0 Å². The lowest BCUT2D eigenvalue weighted by atomic mass is 10.3. The van der Waals surface area contributed by atoms with Crippen LogP contribution in [-0.4, -0.2) is 52.2 Å². The molecule has 21 heavy (non-hydrogen) atoms. The first kappa shape index (κ1) is 16.6. The van der Waals surface area contributed by atoms with E-state index in [1.54, 1.807) is 0 Å². The van der Waals surface area contributed by atoms with Crippen LogP contribution in [0, 0.1) is 5.82 Å². The predicted molar refractivity (Wildman–Crippen MR) is 78.9 cm³/mol. The molecule has 2 rings (SSSR count). The maximum atomic E-state index is 13.4. The number of nitrogens with two attached hydrogens (primary N) is 1. The van der Waals surface area contributed by atoms with Gasteiger partial charge in [-0.15, -0.1) is 0 Å². The van der Waals surface area contributed by atoms with Crippen LogP contribution < -0.4 is 5.73 Å². The van der Waals surface area contributed by atoms with Crippen LogP contribution in [0.25, 0.3) is 0 Å². The SMILES string of the molecule is COC1CN(S(=O)(=O)c2cc(N)c(F)cc2Br)CC1OC. The molecular weight excluding hydrogens is 367 g/mol. The molecule has 9 heteroatoms. The molecule has 0 bridgehead atoms. The van der Waals surface area contributed by atoms with Crippen LogP contribution in [0.2, 0.25) is 0 Å². The van der Waals surface area contributed by atoms with E-state index in [2.05, 4.69) is 15.9 Å². The molecule has 6 nitrogen and oxygen atoms in total. The Morgan fingerprint density at radius 1 is 1.29 bits per heavy atom. The lowest BCUT2D eigenvalue weighted by molar-refractivity contribution is -0.00461. The molecule has 1 heterocycles. The fourth-order valence-electron chi connectivity index (χ4n) is 2.24. The van der Waals surface area contributed by atoms with Gasteiger partial charge in [-0.2, -0.15) is 4.31 Å². The molecule has 118 valence electrons. The number of hydrogen-bond donors (Lipinski definition) is 1. The van der Waals surface area contributed by atoms with E-state index in [0.717, 1.165) is 12.1 Å². The minimum absolute atomic E-state index is 0.0759. The monoisotopic (exact) mass is 382 g/mol. The Balaban J connectivity index is 2.38. The minimum atomic E-state index is -3.81. The molecule has 0 aliphatic carbocycles. The predicted octanol–water partition coefficient (Wildman–Crippen LogP) is 1.20. The number of ether oxygens (including phenoxy) is 2. The van der Waals surface area contributed by atoms with Crippen LogP contribution >= 0.6 is 15.9 Å². The smallest absolute Gasteiger partial charge is 0.244 e. The van der Waals surface area contributed by atoms with Crippen LogP contribution in [-0.2, 0) is 19.5 Å². The highest BCUT2D eigenvalue weighted by atomic mass is 79.9. The van der Waals surface area contributed by atoms with Gasteiger partial charge in [-0.05, 0) is 28.1 Å². The van der Waals surface area contributed by atoms with Gasteiger partial charge in [-0.3, -0.25) is 0 Å². The molecule has 2 unspecified atom stereocenters. The number of nitrogens with zero attached hydrogens (tertiary/aromatic N) is 1. The molecule has 1 saturated heterocycles. The maximum Gasteiger partial charge on any atom is 0.244 e. The lowest BCUT2D eigenvalue weighted by Gasteiger charge is -2.17. The first-order chi connectivity index (χ1) is 9.81. The van der Waals surface area contributed by atoms with E-state index in [1.807, 2.05) is 0 Å². The molecule has 1 aliphatic rings. The molecule has 0 spiro atoms. The second-order valence-corrected chi connectivity index (χ2v) is 7.44. The van der Waals surface area contributed by atoms with Gasteiger partial charge in [0, 0.05) is 31.8 Å². The van der Waals surface area contributed by atoms with Crippen molar-refractivity contribution < 1.29 is 22.3 Å². The van der Waals surface area contributed by atoms with Gasteiger partial charge in [0.15, 0.2) is 0 Å². The summed E-state index contributed by atoms with van der Waals surface area (Å²) in [5, 5.41) is 0. The third-order valence-electron chi connectivity index (χ3n) is 3.46. The average Bonchev–Trinajstić information content (AvgIpc) is 2.86. The van der Waals surface area contributed by atoms with Gasteiger partial charge in [-0.25, -0.2) is 12.8 Å². The summed E-state index contributed by atoms with van der Waals surface area (Å²) < 4.78 is 50.5. The van der Waals surface area contributed by atoms with Crippen molar-refractivity contribution in [3.8, 4) is 0 Å². The molecule has 0 amide bonds. The second kappa shape index (κ2) is 6.17. The molecular formula is C12H16BrFN2O4S. The van der Waals surface area contributed by atoms with Gasteiger partial charge in [0.05, 0.1) is 22.8 Å². The Morgan fingerprint density at radius 3 is 2.29 bits per heavy atom. The minimum Gasteiger partial charge on any atom is -0.396 e. The number of hydrogen-bond acceptors (Lipinski definition) is 5. The fourth-order valence-corrected chi connectivity index (χ4v) is 4.72. The molecule has 2 atom stereocenters. The molecule has 1 aliphatic heterocycles. The van der Waals surface area contributed by atoms with E-state index in [1.165, 1.54) is 18.5 Å². The summed E-state index contributed by atoms with van der Waals surface area (Å²) in [6.45, 7) is 0.335. The third-order valence-corrected chi connectivity index (χ3v) is 6.25. The van der Waals surface area contributed by atoms with Crippen molar-refractivity contribution in [3.63, 3.8) is 0 Å². The number of rotatable bonds is 4. The van der Waals surface area contributed by atoms with Crippen LogP contribution in [0.3, 0.4) is 0 Å². The topological polar surface area (TPSA) is 81.9 Å². The summed E-state index contributed by atoms with van der Waals surface area (Å²) in [6.07, 6.45) is -0.692. The number of anilines is 1.